The van der Waals surface area contributed by atoms with Gasteiger partial charge in [-0.3, -0.25) is 4.79 Å². The van der Waals surface area contributed by atoms with Crippen LogP contribution >= 0.6 is 0 Å². The number of hydrogen-bond acceptors (Lipinski definition) is 4. The van der Waals surface area contributed by atoms with Crippen LogP contribution in [0.3, 0.4) is 0 Å². The zero-order valence-electron chi connectivity index (χ0n) is 13.2. The van der Waals surface area contributed by atoms with Gasteiger partial charge in [0.1, 0.15) is 11.5 Å². The topological polar surface area (TPSA) is 56.8 Å². The van der Waals surface area contributed by atoms with E-state index in [-0.39, 0.29) is 18.6 Å². The molecule has 0 radical (unpaired) electrons. The van der Waals surface area contributed by atoms with Gasteiger partial charge in [-0.25, -0.2) is 0 Å². The summed E-state index contributed by atoms with van der Waals surface area (Å²) in [6, 6.07) is 7.38. The zero-order chi connectivity index (χ0) is 15.6. The number of hydrogen-bond donors (Lipinski definition) is 1. The molecule has 0 spiro atoms. The van der Waals surface area contributed by atoms with Gasteiger partial charge in [0, 0.05) is 19.2 Å². The van der Waals surface area contributed by atoms with Gasteiger partial charge in [0.15, 0.2) is 6.61 Å². The van der Waals surface area contributed by atoms with E-state index in [9.17, 15) is 4.79 Å². The largest absolute Gasteiger partial charge is 0.493 e. The molecule has 0 aliphatic carbocycles. The Balaban J connectivity index is 1.68. The fraction of sp³-hybridized carbons (Fsp3) is 0.588. The van der Waals surface area contributed by atoms with Crippen LogP contribution in [0.4, 0.5) is 0 Å². The van der Waals surface area contributed by atoms with E-state index in [4.69, 9.17) is 14.2 Å². The van der Waals surface area contributed by atoms with Crippen LogP contribution in [0.25, 0.3) is 0 Å². The van der Waals surface area contributed by atoms with Gasteiger partial charge < -0.3 is 19.5 Å². The first kappa shape index (κ1) is 16.6. The van der Waals surface area contributed by atoms with Crippen LogP contribution in [0.5, 0.6) is 11.5 Å². The van der Waals surface area contributed by atoms with Gasteiger partial charge in [-0.2, -0.15) is 0 Å². The van der Waals surface area contributed by atoms with Crippen LogP contribution in [0, 0.1) is 0 Å². The summed E-state index contributed by atoms with van der Waals surface area (Å²) in [5.41, 5.74) is 0. The summed E-state index contributed by atoms with van der Waals surface area (Å²) in [5.74, 6) is 1.28. The van der Waals surface area contributed by atoms with Crippen LogP contribution in [0.2, 0.25) is 0 Å². The number of carbonyl (C=O) groups excluding carboxylic acids is 1. The van der Waals surface area contributed by atoms with E-state index in [0.29, 0.717) is 18.9 Å². The van der Waals surface area contributed by atoms with Gasteiger partial charge in [0.25, 0.3) is 5.91 Å². The van der Waals surface area contributed by atoms with Gasteiger partial charge in [-0.1, -0.05) is 19.4 Å². The minimum Gasteiger partial charge on any atom is -0.493 e. The third-order valence-electron chi connectivity index (χ3n) is 3.49. The molecule has 1 heterocycles. The third-order valence-corrected chi connectivity index (χ3v) is 3.49. The average molecular weight is 307 g/mol. The summed E-state index contributed by atoms with van der Waals surface area (Å²) in [6.45, 7) is 4.18. The molecule has 1 amide bonds. The molecule has 1 aliphatic heterocycles. The Bertz CT molecular complexity index is 458. The average Bonchev–Trinajstić information content (AvgIpc) is 3.05. The zero-order valence-corrected chi connectivity index (χ0v) is 13.2. The van der Waals surface area contributed by atoms with Gasteiger partial charge in [-0.05, 0) is 31.4 Å². The van der Waals surface area contributed by atoms with Crippen molar-refractivity contribution in [1.29, 1.82) is 0 Å². The molecule has 122 valence electrons. The van der Waals surface area contributed by atoms with E-state index in [1.54, 1.807) is 0 Å². The first-order valence-corrected chi connectivity index (χ1v) is 8.02. The summed E-state index contributed by atoms with van der Waals surface area (Å²) in [5, 5.41) is 2.83. The Kier molecular flexibility index (Phi) is 7.03. The van der Waals surface area contributed by atoms with Gasteiger partial charge in [-0.15, -0.1) is 0 Å². The predicted octanol–water partition coefficient (Wildman–Crippen LogP) is 2.54. The van der Waals surface area contributed by atoms with Crippen LogP contribution < -0.4 is 14.8 Å². The Labute approximate surface area is 131 Å². The molecule has 2 rings (SSSR count). The van der Waals surface area contributed by atoms with E-state index in [1.807, 2.05) is 24.3 Å². The molecule has 22 heavy (non-hydrogen) atoms. The number of benzene rings is 1. The predicted molar refractivity (Wildman–Crippen MR) is 84.3 cm³/mol. The highest BCUT2D eigenvalue weighted by Gasteiger charge is 2.16. The second kappa shape index (κ2) is 9.30. The Morgan fingerprint density at radius 2 is 2.18 bits per heavy atom. The molecule has 1 saturated heterocycles. The maximum absolute atomic E-state index is 11.7. The molecule has 5 nitrogen and oxygen atoms in total. The molecule has 0 aromatic heterocycles. The maximum atomic E-state index is 11.7. The number of amides is 1. The molecule has 1 atom stereocenters. The van der Waals surface area contributed by atoms with E-state index >= 15 is 0 Å². The molecule has 0 bridgehead atoms. The molecule has 5 heteroatoms. The van der Waals surface area contributed by atoms with Crippen molar-refractivity contribution in [2.24, 2.45) is 0 Å². The molecule has 1 unspecified atom stereocenters. The Morgan fingerprint density at radius 1 is 1.36 bits per heavy atom. The van der Waals surface area contributed by atoms with Gasteiger partial charge >= 0.3 is 0 Å². The van der Waals surface area contributed by atoms with Crippen molar-refractivity contribution in [3.63, 3.8) is 0 Å². The molecule has 1 aromatic carbocycles. The minimum atomic E-state index is -0.132. The fourth-order valence-electron chi connectivity index (χ4n) is 2.22. The number of unbranched alkanes of at least 4 members (excludes halogenated alkanes) is 1. The highest BCUT2D eigenvalue weighted by Crippen LogP contribution is 2.19. The molecular weight excluding hydrogens is 282 g/mol. The van der Waals surface area contributed by atoms with Gasteiger partial charge in [0.05, 0.1) is 12.7 Å². The summed E-state index contributed by atoms with van der Waals surface area (Å²) in [6.07, 6.45) is 4.36. The lowest BCUT2D eigenvalue weighted by atomic mass is 10.2. The second-order valence-corrected chi connectivity index (χ2v) is 5.40. The van der Waals surface area contributed by atoms with Crippen molar-refractivity contribution < 1.29 is 19.0 Å². The first-order chi connectivity index (χ1) is 10.8. The lowest BCUT2D eigenvalue weighted by molar-refractivity contribution is -0.123. The monoisotopic (exact) mass is 307 g/mol. The number of ether oxygens (including phenoxy) is 3. The first-order valence-electron chi connectivity index (χ1n) is 8.02. The molecule has 1 aliphatic rings. The van der Waals surface area contributed by atoms with E-state index < -0.39 is 0 Å². The summed E-state index contributed by atoms with van der Waals surface area (Å²) < 4.78 is 16.6. The Hall–Kier alpha value is -1.75. The Morgan fingerprint density at radius 3 is 2.91 bits per heavy atom. The normalized spacial score (nSPS) is 17.2. The third kappa shape index (κ3) is 5.93. The molecule has 1 fully saturated rings. The number of rotatable bonds is 9. The molecule has 1 aromatic rings. The van der Waals surface area contributed by atoms with E-state index in [1.165, 1.54) is 0 Å². The molecular formula is C17H25NO4. The van der Waals surface area contributed by atoms with Crippen molar-refractivity contribution in [2.45, 2.75) is 38.7 Å². The lowest BCUT2D eigenvalue weighted by Crippen LogP contribution is -2.35. The number of nitrogens with one attached hydrogen (secondary N) is 1. The van der Waals surface area contributed by atoms with Crippen LogP contribution in [-0.4, -0.2) is 38.4 Å². The minimum absolute atomic E-state index is 0.00509. The smallest absolute Gasteiger partial charge is 0.258 e. The van der Waals surface area contributed by atoms with Gasteiger partial charge in [0.2, 0.25) is 0 Å². The highest BCUT2D eigenvalue weighted by molar-refractivity contribution is 5.77. The maximum Gasteiger partial charge on any atom is 0.258 e. The quantitative estimate of drug-likeness (QED) is 0.712. The van der Waals surface area contributed by atoms with Crippen molar-refractivity contribution in [3.8, 4) is 11.5 Å². The van der Waals surface area contributed by atoms with E-state index in [2.05, 4.69) is 12.2 Å². The van der Waals surface area contributed by atoms with Crippen molar-refractivity contribution in [2.75, 3.05) is 26.4 Å². The van der Waals surface area contributed by atoms with E-state index in [0.717, 1.165) is 38.0 Å². The summed E-state index contributed by atoms with van der Waals surface area (Å²) >= 11 is 0. The highest BCUT2D eigenvalue weighted by atomic mass is 16.5. The summed E-state index contributed by atoms with van der Waals surface area (Å²) in [4.78, 5) is 11.7. The standard InChI is InChI=1S/C17H25NO4/c1-2-3-9-20-14-6-4-7-15(11-14)22-13-17(19)18-12-16-8-5-10-21-16/h4,6-7,11,16H,2-3,5,8-10,12-13H2,1H3,(H,18,19). The SMILES string of the molecule is CCCCOc1cccc(OCC(=O)NCC2CCCO2)c1. The van der Waals surface area contributed by atoms with Crippen LogP contribution in [0.1, 0.15) is 32.6 Å². The second-order valence-electron chi connectivity index (χ2n) is 5.40. The van der Waals surface area contributed by atoms with Crippen molar-refractivity contribution in [3.05, 3.63) is 24.3 Å². The van der Waals surface area contributed by atoms with Crippen molar-refractivity contribution in [1.82, 2.24) is 5.32 Å². The van der Waals surface area contributed by atoms with Crippen LogP contribution in [0.15, 0.2) is 24.3 Å². The number of carbonyl (C=O) groups is 1. The lowest BCUT2D eigenvalue weighted by Gasteiger charge is -2.12. The molecule has 0 saturated carbocycles. The summed E-state index contributed by atoms with van der Waals surface area (Å²) in [7, 11) is 0. The van der Waals surface area contributed by atoms with Crippen LogP contribution in [-0.2, 0) is 9.53 Å². The fourth-order valence-corrected chi connectivity index (χ4v) is 2.22. The van der Waals surface area contributed by atoms with Crippen molar-refractivity contribution >= 4 is 5.91 Å². The molecule has 1 N–H and O–H groups in total.